The lowest BCUT2D eigenvalue weighted by Crippen LogP contribution is -2.48. The van der Waals surface area contributed by atoms with Crippen molar-refractivity contribution in [3.05, 3.63) is 116 Å². The van der Waals surface area contributed by atoms with E-state index in [0.717, 1.165) is 25.7 Å². The Bertz CT molecular complexity index is 2750. The molecule has 0 radical (unpaired) electrons. The van der Waals surface area contributed by atoms with Crippen molar-refractivity contribution in [2.24, 2.45) is 11.5 Å². The summed E-state index contributed by atoms with van der Waals surface area (Å²) in [6.45, 7) is 4.95. The molecule has 8 amide bonds. The highest BCUT2D eigenvalue weighted by atomic mass is 35.5. The number of nitrogens with one attached hydrogen (secondary N) is 8. The average Bonchev–Trinajstić information content (AvgIpc) is 0.851. The molecule has 32 heteroatoms. The highest BCUT2D eigenvalue weighted by Crippen LogP contribution is 2.28. The fourth-order valence-electron chi connectivity index (χ4n) is 9.70. The molecule has 2 aromatic rings. The first-order valence-corrected chi connectivity index (χ1v) is 36.8. The van der Waals surface area contributed by atoms with Crippen molar-refractivity contribution in [2.45, 2.75) is 153 Å². The van der Waals surface area contributed by atoms with Gasteiger partial charge in [0.05, 0.1) is 104 Å². The molecule has 0 heterocycles. The second-order valence-electron chi connectivity index (χ2n) is 23.7. The number of amides is 8. The van der Waals surface area contributed by atoms with Crippen molar-refractivity contribution >= 4 is 106 Å². The Hall–Kier alpha value is -7.06. The number of benzene rings is 2. The molecule has 4 atom stereocenters. The van der Waals surface area contributed by atoms with E-state index in [1.165, 1.54) is 36.4 Å². The Morgan fingerprint density at radius 2 is 0.673 bits per heavy atom. The standard InChI is InChI=1S/C72H108Cl4N10O18/c73-55-45-53(46-56(74)49-55)61(51-69(93)94)85-71(97)59(83-67(91)21-11-7-3-1-5-9-15-27-77)19-13-17-29-79-65(89)25-33-99-37-41-103-43-39-101-35-31-81-63(87)23-24-64(88)82-32-36-102-40-44-104-42-38-100-34-26-66(90)80-30-18-14-20-60(84-68(92)22-12-8-4-2-6-10-16-28-78)72(98)86-62(52-70(95)96)54-47-57(75)50-58(76)48-54/h1-2,5-6,9-10,15-16,45-50,59-62H,3-4,7-8,11-14,17-44,51-52,77-78H2,(H,79,89)(H,80,90)(H,81,87)(H,82,88)(H,83,91)(H,84,92)(H,85,97)(H,86,98)(H,93,94)(H,95,96)/b5-1?,6-2?,15-9-,16-10-/t59-,60-,61?,62?/m0/s1. The maximum atomic E-state index is 13.6. The molecular formula is C72H108Cl4N10O18. The number of nitrogens with two attached hydrogens (primary N) is 2. The van der Waals surface area contributed by atoms with E-state index in [0.29, 0.717) is 75.8 Å². The van der Waals surface area contributed by atoms with Crippen LogP contribution in [0.5, 0.6) is 0 Å². The predicted molar refractivity (Wildman–Crippen MR) is 398 cm³/mol. The Labute approximate surface area is 630 Å². The van der Waals surface area contributed by atoms with Gasteiger partial charge in [-0.25, -0.2) is 0 Å². The normalized spacial score (nSPS) is 12.6. The van der Waals surface area contributed by atoms with Gasteiger partial charge in [0.2, 0.25) is 47.3 Å². The van der Waals surface area contributed by atoms with E-state index in [1.807, 2.05) is 48.6 Å². The van der Waals surface area contributed by atoms with Crippen molar-refractivity contribution in [2.75, 3.05) is 119 Å². The molecule has 2 unspecified atom stereocenters. The topological polar surface area (TPSA) is 415 Å². The molecule has 14 N–H and O–H groups in total. The van der Waals surface area contributed by atoms with Gasteiger partial charge in [0.1, 0.15) is 12.1 Å². The van der Waals surface area contributed by atoms with Gasteiger partial charge in [-0.15, -0.1) is 0 Å². The molecular weight excluding hydrogens is 1430 g/mol. The summed E-state index contributed by atoms with van der Waals surface area (Å²) in [5.74, 6) is -5.16. The summed E-state index contributed by atoms with van der Waals surface area (Å²) < 4.78 is 33.0. The molecule has 0 spiro atoms. The molecule has 2 rings (SSSR count). The summed E-state index contributed by atoms with van der Waals surface area (Å²) in [6.07, 6.45) is 21.3. The quantitative estimate of drug-likeness (QED) is 0.0235. The van der Waals surface area contributed by atoms with Crippen molar-refractivity contribution in [3.8, 4) is 0 Å². The van der Waals surface area contributed by atoms with Gasteiger partial charge in [-0.2, -0.15) is 0 Å². The summed E-state index contributed by atoms with van der Waals surface area (Å²) in [7, 11) is 0. The van der Waals surface area contributed by atoms with Gasteiger partial charge in [0, 0.05) is 97.9 Å². The molecule has 0 aliphatic carbocycles. The molecule has 28 nitrogen and oxygen atoms in total. The highest BCUT2D eigenvalue weighted by Gasteiger charge is 2.28. The molecule has 0 aliphatic rings. The number of hydrogen-bond acceptors (Lipinski definition) is 18. The number of allylic oxidation sites excluding steroid dienone is 6. The Kier molecular flexibility index (Phi) is 54.7. The second kappa shape index (κ2) is 61.1. The molecule has 0 aromatic heterocycles. The molecule has 582 valence electrons. The van der Waals surface area contributed by atoms with Crippen LogP contribution >= 0.6 is 46.4 Å². The lowest BCUT2D eigenvalue weighted by molar-refractivity contribution is -0.139. The Morgan fingerprint density at radius 1 is 0.356 bits per heavy atom. The minimum atomic E-state index is -1.16. The van der Waals surface area contributed by atoms with Crippen LogP contribution in [0.15, 0.2) is 85.0 Å². The molecule has 0 bridgehead atoms. The molecule has 0 aliphatic heterocycles. The summed E-state index contributed by atoms with van der Waals surface area (Å²) >= 11 is 24.7. The second-order valence-corrected chi connectivity index (χ2v) is 25.5. The molecule has 104 heavy (non-hydrogen) atoms. The molecule has 0 fully saturated rings. The fraction of sp³-hybridized carbons (Fsp3) is 0.583. The largest absolute Gasteiger partial charge is 0.481 e. The average molecular weight is 1540 g/mol. The van der Waals surface area contributed by atoms with E-state index in [1.54, 1.807) is 0 Å². The van der Waals surface area contributed by atoms with Gasteiger partial charge in [0.25, 0.3) is 0 Å². The number of unbranched alkanes of at least 4 members (excludes halogenated alkanes) is 6. The summed E-state index contributed by atoms with van der Waals surface area (Å²) in [6, 6.07) is 5.17. The maximum absolute atomic E-state index is 13.6. The third-order valence-electron chi connectivity index (χ3n) is 15.0. The minimum Gasteiger partial charge on any atom is -0.481 e. The molecule has 2 aromatic carbocycles. The summed E-state index contributed by atoms with van der Waals surface area (Å²) in [4.78, 5) is 126. The van der Waals surface area contributed by atoms with Gasteiger partial charge in [0.15, 0.2) is 0 Å². The van der Waals surface area contributed by atoms with E-state index in [4.69, 9.17) is 86.3 Å². The monoisotopic (exact) mass is 1540 g/mol. The van der Waals surface area contributed by atoms with Gasteiger partial charge in [-0.05, 0) is 125 Å². The number of rotatable bonds is 63. The van der Waals surface area contributed by atoms with Gasteiger partial charge in [-0.3, -0.25) is 47.9 Å². The van der Waals surface area contributed by atoms with Crippen LogP contribution in [0.4, 0.5) is 0 Å². The summed E-state index contributed by atoms with van der Waals surface area (Å²) in [5, 5.41) is 42.5. The molecule has 0 saturated carbocycles. The smallest absolute Gasteiger partial charge is 0.305 e. The zero-order valence-electron chi connectivity index (χ0n) is 59.4. The maximum Gasteiger partial charge on any atom is 0.305 e. The van der Waals surface area contributed by atoms with Gasteiger partial charge < -0.3 is 92.6 Å². The first-order valence-electron chi connectivity index (χ1n) is 35.3. The van der Waals surface area contributed by atoms with Crippen LogP contribution in [0, 0.1) is 0 Å². The Balaban J connectivity index is 1.50. The van der Waals surface area contributed by atoms with Crippen molar-refractivity contribution in [1.29, 1.82) is 0 Å². The van der Waals surface area contributed by atoms with Crippen molar-refractivity contribution < 1.29 is 86.6 Å². The third kappa shape index (κ3) is 51.2. The lowest BCUT2D eigenvalue weighted by atomic mass is 10.0. The zero-order valence-corrected chi connectivity index (χ0v) is 62.4. The number of carboxylic acid groups (broad SMARTS) is 2. The third-order valence-corrected chi connectivity index (χ3v) is 15.9. The summed E-state index contributed by atoms with van der Waals surface area (Å²) in [5.41, 5.74) is 11.7. The van der Waals surface area contributed by atoms with E-state index in [9.17, 15) is 58.2 Å². The highest BCUT2D eigenvalue weighted by molar-refractivity contribution is 6.35. The minimum absolute atomic E-state index is 0.00480. The molecule has 0 saturated heterocycles. The number of hydrogen-bond donors (Lipinski definition) is 12. The van der Waals surface area contributed by atoms with Crippen molar-refractivity contribution in [3.63, 3.8) is 0 Å². The lowest BCUT2D eigenvalue weighted by Gasteiger charge is -2.23. The van der Waals surface area contributed by atoms with Crippen LogP contribution in [0.3, 0.4) is 0 Å². The predicted octanol–water partition coefficient (Wildman–Crippen LogP) is 6.96. The van der Waals surface area contributed by atoms with Crippen LogP contribution in [-0.4, -0.2) is 200 Å². The van der Waals surface area contributed by atoms with Crippen LogP contribution in [0.25, 0.3) is 0 Å². The van der Waals surface area contributed by atoms with E-state index < -0.39 is 60.8 Å². The van der Waals surface area contributed by atoms with Crippen LogP contribution in [0.1, 0.15) is 152 Å². The zero-order chi connectivity index (χ0) is 76.2. The number of carboxylic acids is 2. The van der Waals surface area contributed by atoms with Gasteiger partial charge in [-0.1, -0.05) is 95.0 Å². The number of carbonyl (C=O) groups excluding carboxylic acids is 8. The van der Waals surface area contributed by atoms with E-state index in [-0.39, 0.29) is 199 Å². The number of ether oxygens (including phenoxy) is 6. The Morgan fingerprint density at radius 3 is 1.02 bits per heavy atom. The van der Waals surface area contributed by atoms with Gasteiger partial charge >= 0.3 is 11.9 Å². The number of carbonyl (C=O) groups is 10. The first-order chi connectivity index (χ1) is 50.2. The number of aliphatic carboxylic acids is 2. The first kappa shape index (κ1) is 93.0. The van der Waals surface area contributed by atoms with Crippen molar-refractivity contribution in [1.82, 2.24) is 42.5 Å². The SMILES string of the molecule is NC/C=C\C=CCCCCC(=O)N[C@@H](CCCCNC(=O)CCOCCOCCOCCNC(=O)CCC(=O)NCCOCCOCCOCCC(=O)NCCCC[C@H](NC(=O)CCCCC=C/C=C\CN)C(=O)NC(CC(=O)O)c1cc(Cl)cc(Cl)c1)C(=O)NC(CC(=O)O)c1cc(Cl)cc(Cl)c1. The van der Waals surface area contributed by atoms with Crippen LogP contribution in [-0.2, 0) is 76.4 Å². The van der Waals surface area contributed by atoms with Crippen LogP contribution in [0.2, 0.25) is 20.1 Å². The van der Waals surface area contributed by atoms with E-state index in [2.05, 4.69) is 42.5 Å². The number of halogens is 4. The van der Waals surface area contributed by atoms with E-state index >= 15 is 0 Å². The van der Waals surface area contributed by atoms with Crippen LogP contribution < -0.4 is 54.0 Å². The fourth-order valence-corrected chi connectivity index (χ4v) is 10.8.